The summed E-state index contributed by atoms with van der Waals surface area (Å²) in [6.07, 6.45) is 5.62. The van der Waals surface area contributed by atoms with E-state index in [0.717, 1.165) is 34.8 Å². The molecular formula is C14H19BrClNO. The number of rotatable bonds is 6. The minimum atomic E-state index is 0.503. The largest absolute Gasteiger partial charge is 0.377 e. The van der Waals surface area contributed by atoms with Crippen LogP contribution in [0, 0.1) is 0 Å². The molecule has 0 amide bonds. The molecule has 0 aromatic heterocycles. The third-order valence-electron chi connectivity index (χ3n) is 3.27. The van der Waals surface area contributed by atoms with E-state index in [-0.39, 0.29) is 0 Å². The van der Waals surface area contributed by atoms with Crippen LogP contribution in [0.25, 0.3) is 0 Å². The van der Waals surface area contributed by atoms with Crippen LogP contribution in [-0.4, -0.2) is 19.3 Å². The van der Waals surface area contributed by atoms with Gasteiger partial charge in [0.1, 0.15) is 0 Å². The van der Waals surface area contributed by atoms with Crippen LogP contribution in [-0.2, 0) is 11.3 Å². The van der Waals surface area contributed by atoms with E-state index >= 15 is 0 Å². The Labute approximate surface area is 122 Å². The molecule has 0 atom stereocenters. The zero-order chi connectivity index (χ0) is 12.8. The Kier molecular flexibility index (Phi) is 5.96. The van der Waals surface area contributed by atoms with Gasteiger partial charge in [0.05, 0.1) is 12.7 Å². The van der Waals surface area contributed by atoms with Crippen LogP contribution in [0.4, 0.5) is 0 Å². The van der Waals surface area contributed by atoms with Gasteiger partial charge < -0.3 is 10.1 Å². The molecule has 1 aromatic carbocycles. The molecule has 0 aliphatic heterocycles. The number of hydrogen-bond acceptors (Lipinski definition) is 2. The van der Waals surface area contributed by atoms with Crippen LogP contribution in [0.1, 0.15) is 31.2 Å². The first-order valence-corrected chi connectivity index (χ1v) is 7.69. The standard InChI is InChI=1S/C14H19BrClNO/c15-12-6-5-11(14(16)9-12)10-17-7-8-18-13-3-1-2-4-13/h5-6,9,13,17H,1-4,7-8,10H2. The minimum Gasteiger partial charge on any atom is -0.377 e. The van der Waals surface area contributed by atoms with E-state index in [4.69, 9.17) is 16.3 Å². The van der Waals surface area contributed by atoms with Crippen LogP contribution < -0.4 is 5.32 Å². The van der Waals surface area contributed by atoms with E-state index in [9.17, 15) is 0 Å². The SMILES string of the molecule is Clc1cc(Br)ccc1CNCCOC1CCCC1. The Morgan fingerprint density at radius 3 is 2.83 bits per heavy atom. The van der Waals surface area contributed by atoms with E-state index in [1.165, 1.54) is 25.7 Å². The zero-order valence-electron chi connectivity index (χ0n) is 10.4. The highest BCUT2D eigenvalue weighted by Crippen LogP contribution is 2.21. The highest BCUT2D eigenvalue weighted by atomic mass is 79.9. The van der Waals surface area contributed by atoms with Gasteiger partial charge in [-0.3, -0.25) is 0 Å². The van der Waals surface area contributed by atoms with E-state index in [1.807, 2.05) is 18.2 Å². The van der Waals surface area contributed by atoms with Crippen molar-refractivity contribution in [2.24, 2.45) is 0 Å². The van der Waals surface area contributed by atoms with Gasteiger partial charge >= 0.3 is 0 Å². The number of halogens is 2. The van der Waals surface area contributed by atoms with Gasteiger partial charge in [-0.05, 0) is 30.5 Å². The maximum absolute atomic E-state index is 6.14. The van der Waals surface area contributed by atoms with Gasteiger partial charge in [0, 0.05) is 22.6 Å². The highest BCUT2D eigenvalue weighted by molar-refractivity contribution is 9.10. The Hall–Kier alpha value is -0.0900. The zero-order valence-corrected chi connectivity index (χ0v) is 12.8. The molecule has 1 aromatic rings. The van der Waals surface area contributed by atoms with Gasteiger partial charge in [-0.15, -0.1) is 0 Å². The minimum absolute atomic E-state index is 0.503. The van der Waals surface area contributed by atoms with Crippen molar-refractivity contribution in [2.75, 3.05) is 13.2 Å². The summed E-state index contributed by atoms with van der Waals surface area (Å²) in [5.41, 5.74) is 1.13. The summed E-state index contributed by atoms with van der Waals surface area (Å²) in [7, 11) is 0. The van der Waals surface area contributed by atoms with E-state index in [1.54, 1.807) is 0 Å². The highest BCUT2D eigenvalue weighted by Gasteiger charge is 2.14. The molecule has 0 saturated heterocycles. The summed E-state index contributed by atoms with van der Waals surface area (Å²) >= 11 is 9.55. The van der Waals surface area contributed by atoms with E-state index in [0.29, 0.717) is 6.10 Å². The van der Waals surface area contributed by atoms with Gasteiger partial charge in [-0.25, -0.2) is 0 Å². The van der Waals surface area contributed by atoms with Crippen LogP contribution in [0.2, 0.25) is 5.02 Å². The lowest BCUT2D eigenvalue weighted by atomic mass is 10.2. The normalized spacial score (nSPS) is 16.3. The molecule has 0 bridgehead atoms. The Morgan fingerprint density at radius 2 is 2.11 bits per heavy atom. The van der Waals surface area contributed by atoms with Crippen LogP contribution in [0.3, 0.4) is 0 Å². The van der Waals surface area contributed by atoms with Crippen molar-refractivity contribution in [1.82, 2.24) is 5.32 Å². The average molecular weight is 333 g/mol. The fraction of sp³-hybridized carbons (Fsp3) is 0.571. The quantitative estimate of drug-likeness (QED) is 0.790. The van der Waals surface area contributed by atoms with Crippen molar-refractivity contribution in [1.29, 1.82) is 0 Å². The molecule has 2 nitrogen and oxygen atoms in total. The van der Waals surface area contributed by atoms with Gasteiger partial charge in [-0.1, -0.05) is 46.4 Å². The summed E-state index contributed by atoms with van der Waals surface area (Å²) in [5.74, 6) is 0. The third-order valence-corrected chi connectivity index (χ3v) is 4.11. The van der Waals surface area contributed by atoms with Crippen molar-refractivity contribution >= 4 is 27.5 Å². The molecule has 0 heterocycles. The van der Waals surface area contributed by atoms with Crippen LogP contribution >= 0.6 is 27.5 Å². The molecule has 0 unspecified atom stereocenters. The smallest absolute Gasteiger partial charge is 0.0594 e. The number of hydrogen-bond donors (Lipinski definition) is 1. The molecule has 1 aliphatic carbocycles. The molecule has 0 spiro atoms. The number of ether oxygens (including phenoxy) is 1. The molecule has 1 fully saturated rings. The molecule has 1 saturated carbocycles. The summed E-state index contributed by atoms with van der Waals surface area (Å²) in [4.78, 5) is 0. The molecule has 1 N–H and O–H groups in total. The molecule has 1 aliphatic rings. The molecule has 100 valence electrons. The summed E-state index contributed by atoms with van der Waals surface area (Å²) in [6.45, 7) is 2.46. The van der Waals surface area contributed by atoms with Crippen LogP contribution in [0.15, 0.2) is 22.7 Å². The van der Waals surface area contributed by atoms with Crippen molar-refractivity contribution < 1.29 is 4.74 Å². The van der Waals surface area contributed by atoms with Crippen molar-refractivity contribution in [3.63, 3.8) is 0 Å². The lowest BCUT2D eigenvalue weighted by Crippen LogP contribution is -2.22. The maximum atomic E-state index is 6.14. The second-order valence-electron chi connectivity index (χ2n) is 4.69. The summed E-state index contributed by atoms with van der Waals surface area (Å²) < 4.78 is 6.80. The van der Waals surface area contributed by atoms with Crippen LogP contribution in [0.5, 0.6) is 0 Å². The second kappa shape index (κ2) is 7.49. The molecule has 0 radical (unpaired) electrons. The number of nitrogens with one attached hydrogen (secondary N) is 1. The Morgan fingerprint density at radius 1 is 1.33 bits per heavy atom. The fourth-order valence-electron chi connectivity index (χ4n) is 2.24. The Balaban J connectivity index is 1.62. The van der Waals surface area contributed by atoms with Gasteiger partial charge in [0.2, 0.25) is 0 Å². The molecule has 18 heavy (non-hydrogen) atoms. The van der Waals surface area contributed by atoms with Gasteiger partial charge in [-0.2, -0.15) is 0 Å². The van der Waals surface area contributed by atoms with Gasteiger partial charge in [0.15, 0.2) is 0 Å². The maximum Gasteiger partial charge on any atom is 0.0594 e. The van der Waals surface area contributed by atoms with Crippen molar-refractivity contribution in [3.8, 4) is 0 Å². The molecule has 4 heteroatoms. The Bertz CT molecular complexity index is 380. The van der Waals surface area contributed by atoms with E-state index < -0.39 is 0 Å². The predicted octanol–water partition coefficient (Wildman–Crippen LogP) is 4.15. The molecule has 2 rings (SSSR count). The number of benzene rings is 1. The summed E-state index contributed by atoms with van der Waals surface area (Å²) in [6, 6.07) is 5.97. The first kappa shape index (κ1) is 14.3. The fourth-order valence-corrected chi connectivity index (χ4v) is 2.98. The first-order chi connectivity index (χ1) is 8.75. The predicted molar refractivity (Wildman–Crippen MR) is 79.1 cm³/mol. The topological polar surface area (TPSA) is 21.3 Å². The lowest BCUT2D eigenvalue weighted by molar-refractivity contribution is 0.0603. The molecular weight excluding hydrogens is 314 g/mol. The third kappa shape index (κ3) is 4.54. The first-order valence-electron chi connectivity index (χ1n) is 6.52. The monoisotopic (exact) mass is 331 g/mol. The van der Waals surface area contributed by atoms with Crippen molar-refractivity contribution in [3.05, 3.63) is 33.3 Å². The van der Waals surface area contributed by atoms with Gasteiger partial charge in [0.25, 0.3) is 0 Å². The second-order valence-corrected chi connectivity index (χ2v) is 6.01. The summed E-state index contributed by atoms with van der Waals surface area (Å²) in [5, 5.41) is 4.16. The van der Waals surface area contributed by atoms with E-state index in [2.05, 4.69) is 21.2 Å². The lowest BCUT2D eigenvalue weighted by Gasteiger charge is -2.12. The average Bonchev–Trinajstić information content (AvgIpc) is 2.84. The van der Waals surface area contributed by atoms with Crippen molar-refractivity contribution in [2.45, 2.75) is 38.3 Å².